The van der Waals surface area contributed by atoms with E-state index in [0.717, 1.165) is 57.5 Å². The normalized spacial score (nSPS) is 23.0. The van der Waals surface area contributed by atoms with Crippen LogP contribution in [0.5, 0.6) is 0 Å². The largest absolute Gasteiger partial charge is 0.380 e. The molecule has 2 aromatic carbocycles. The number of halogens is 2. The van der Waals surface area contributed by atoms with Crippen molar-refractivity contribution in [3.05, 3.63) is 58.1 Å². The lowest BCUT2D eigenvalue weighted by molar-refractivity contribution is -0.130. The van der Waals surface area contributed by atoms with E-state index in [4.69, 9.17) is 23.2 Å². The summed E-state index contributed by atoms with van der Waals surface area (Å²) in [6.45, 7) is 3.45. The molecule has 2 fully saturated rings. The van der Waals surface area contributed by atoms with Crippen LogP contribution in [0, 0.1) is 5.92 Å². The molecule has 6 heteroatoms. The molecule has 2 aliphatic heterocycles. The Morgan fingerprint density at radius 3 is 2.45 bits per heavy atom. The van der Waals surface area contributed by atoms with Gasteiger partial charge in [-0.15, -0.1) is 0 Å². The lowest BCUT2D eigenvalue weighted by Crippen LogP contribution is -2.60. The standard InChI is InChI=1S/C27H33Cl2N3O/c28-21-11-13-25(22(29)18-21)31-14-16-32(17-15-31)26(27(33)20-7-2-1-3-8-20)24-12-10-19-6-4-5-9-23(19)30-24/h4-6,9,11,13,18,20,24,26,30H,1-3,7-8,10,12,14-17H2. The van der Waals surface area contributed by atoms with Crippen LogP contribution in [-0.2, 0) is 11.2 Å². The van der Waals surface area contributed by atoms with Crippen LogP contribution in [0.25, 0.3) is 0 Å². The molecule has 0 spiro atoms. The zero-order valence-electron chi connectivity index (χ0n) is 19.1. The number of carbonyl (C=O) groups is 1. The van der Waals surface area contributed by atoms with Gasteiger partial charge in [0.25, 0.3) is 0 Å². The second-order valence-corrected chi connectivity index (χ2v) is 10.6. The smallest absolute Gasteiger partial charge is 0.155 e. The number of nitrogens with zero attached hydrogens (tertiary/aromatic N) is 2. The van der Waals surface area contributed by atoms with Crippen molar-refractivity contribution in [2.24, 2.45) is 5.92 Å². The number of hydrogen-bond acceptors (Lipinski definition) is 4. The van der Waals surface area contributed by atoms with Crippen molar-refractivity contribution in [2.75, 3.05) is 36.4 Å². The van der Waals surface area contributed by atoms with Crippen molar-refractivity contribution >= 4 is 40.4 Å². The van der Waals surface area contributed by atoms with Gasteiger partial charge in [-0.25, -0.2) is 0 Å². The maximum Gasteiger partial charge on any atom is 0.155 e. The molecule has 1 N–H and O–H groups in total. The summed E-state index contributed by atoms with van der Waals surface area (Å²) >= 11 is 12.6. The van der Waals surface area contributed by atoms with Crippen LogP contribution in [0.3, 0.4) is 0 Å². The van der Waals surface area contributed by atoms with Gasteiger partial charge in [0.1, 0.15) is 0 Å². The lowest BCUT2D eigenvalue weighted by atomic mass is 9.80. The molecule has 2 heterocycles. The fraction of sp³-hybridized carbons (Fsp3) is 0.519. The number of benzene rings is 2. The van der Waals surface area contributed by atoms with Gasteiger partial charge >= 0.3 is 0 Å². The van der Waals surface area contributed by atoms with Gasteiger partial charge in [-0.1, -0.05) is 60.7 Å². The molecule has 2 aromatic rings. The summed E-state index contributed by atoms with van der Waals surface area (Å²) < 4.78 is 0. The van der Waals surface area contributed by atoms with Gasteiger partial charge in [0.05, 0.1) is 16.8 Å². The summed E-state index contributed by atoms with van der Waals surface area (Å²) in [5.74, 6) is 0.677. The average Bonchev–Trinajstić information content (AvgIpc) is 2.85. The van der Waals surface area contributed by atoms with Crippen molar-refractivity contribution in [3.63, 3.8) is 0 Å². The van der Waals surface area contributed by atoms with Crippen LogP contribution in [0.1, 0.15) is 44.1 Å². The Hall–Kier alpha value is -1.75. The minimum atomic E-state index is -0.0655. The Morgan fingerprint density at radius 2 is 1.70 bits per heavy atom. The molecular weight excluding hydrogens is 453 g/mol. The molecule has 0 aromatic heterocycles. The van der Waals surface area contributed by atoms with E-state index < -0.39 is 0 Å². The quantitative estimate of drug-likeness (QED) is 0.557. The monoisotopic (exact) mass is 485 g/mol. The zero-order valence-corrected chi connectivity index (χ0v) is 20.6. The van der Waals surface area contributed by atoms with E-state index in [9.17, 15) is 4.79 Å². The first-order valence-electron chi connectivity index (χ1n) is 12.4. The highest BCUT2D eigenvalue weighted by atomic mass is 35.5. The Labute approximate surface area is 207 Å². The SMILES string of the molecule is O=C(C1CCCCC1)C(C1CCc2ccccc2N1)N1CCN(c2ccc(Cl)cc2Cl)CC1. The Bertz CT molecular complexity index is 983. The number of anilines is 2. The van der Waals surface area contributed by atoms with E-state index >= 15 is 0 Å². The first-order valence-corrected chi connectivity index (χ1v) is 13.2. The molecule has 5 rings (SSSR count). The number of carbonyl (C=O) groups excluding carboxylic acids is 1. The first-order chi connectivity index (χ1) is 16.1. The van der Waals surface area contributed by atoms with Gasteiger partial charge in [-0.05, 0) is 55.5 Å². The number of para-hydroxylation sites is 1. The van der Waals surface area contributed by atoms with E-state index in [1.807, 2.05) is 18.2 Å². The lowest BCUT2D eigenvalue weighted by Gasteiger charge is -2.45. The third-order valence-electron chi connectivity index (χ3n) is 7.72. The van der Waals surface area contributed by atoms with Crippen LogP contribution in [0.15, 0.2) is 42.5 Å². The number of nitrogens with one attached hydrogen (secondary N) is 1. The van der Waals surface area contributed by atoms with Gasteiger partial charge in [0, 0.05) is 48.8 Å². The van der Waals surface area contributed by atoms with E-state index in [2.05, 4.69) is 39.4 Å². The van der Waals surface area contributed by atoms with Crippen LogP contribution in [0.2, 0.25) is 10.0 Å². The number of hydrogen-bond donors (Lipinski definition) is 1. The molecule has 1 saturated carbocycles. The number of fused-ring (bicyclic) bond motifs is 1. The molecule has 2 unspecified atom stereocenters. The summed E-state index contributed by atoms with van der Waals surface area (Å²) in [5.41, 5.74) is 3.59. The summed E-state index contributed by atoms with van der Waals surface area (Å²) in [6.07, 6.45) is 7.79. The highest BCUT2D eigenvalue weighted by molar-refractivity contribution is 6.36. The number of piperazine rings is 1. The second-order valence-electron chi connectivity index (χ2n) is 9.75. The minimum absolute atomic E-state index is 0.0655. The average molecular weight is 486 g/mol. The second kappa shape index (κ2) is 10.2. The maximum atomic E-state index is 13.9. The Kier molecular flexibility index (Phi) is 7.15. The molecule has 2 atom stereocenters. The highest BCUT2D eigenvalue weighted by Gasteiger charge is 2.40. The third-order valence-corrected chi connectivity index (χ3v) is 8.26. The molecule has 0 amide bonds. The van der Waals surface area contributed by atoms with Gasteiger partial charge < -0.3 is 10.2 Å². The minimum Gasteiger partial charge on any atom is -0.380 e. The number of ketones is 1. The zero-order chi connectivity index (χ0) is 22.8. The maximum absolute atomic E-state index is 13.9. The summed E-state index contributed by atoms with van der Waals surface area (Å²) in [6, 6.07) is 14.4. The Balaban J connectivity index is 1.34. The van der Waals surface area contributed by atoms with Crippen LogP contribution in [0.4, 0.5) is 11.4 Å². The van der Waals surface area contributed by atoms with Crippen molar-refractivity contribution in [2.45, 2.75) is 57.0 Å². The summed E-state index contributed by atoms with van der Waals surface area (Å²) in [4.78, 5) is 18.7. The van der Waals surface area contributed by atoms with Crippen LogP contribution < -0.4 is 10.2 Å². The fourth-order valence-electron chi connectivity index (χ4n) is 5.94. The topological polar surface area (TPSA) is 35.6 Å². The third kappa shape index (κ3) is 5.03. The molecule has 4 nitrogen and oxygen atoms in total. The summed E-state index contributed by atoms with van der Waals surface area (Å²) in [5, 5.41) is 5.11. The number of aryl methyl sites for hydroxylation is 1. The fourth-order valence-corrected chi connectivity index (χ4v) is 6.47. The van der Waals surface area contributed by atoms with Gasteiger partial charge in [-0.2, -0.15) is 0 Å². The molecular formula is C27H33Cl2N3O. The number of rotatable bonds is 5. The predicted octanol–water partition coefficient (Wildman–Crippen LogP) is 6.06. The van der Waals surface area contributed by atoms with Gasteiger partial charge in [0.2, 0.25) is 0 Å². The van der Waals surface area contributed by atoms with E-state index in [1.54, 1.807) is 0 Å². The van der Waals surface area contributed by atoms with Gasteiger partial charge in [-0.3, -0.25) is 9.69 Å². The van der Waals surface area contributed by atoms with Gasteiger partial charge in [0.15, 0.2) is 5.78 Å². The van der Waals surface area contributed by atoms with Crippen LogP contribution >= 0.6 is 23.2 Å². The molecule has 3 aliphatic rings. The Morgan fingerprint density at radius 1 is 0.939 bits per heavy atom. The first kappa shape index (κ1) is 23.0. The molecule has 1 saturated heterocycles. The molecule has 176 valence electrons. The van der Waals surface area contributed by atoms with Crippen molar-refractivity contribution in [1.82, 2.24) is 4.90 Å². The van der Waals surface area contributed by atoms with E-state index in [-0.39, 0.29) is 18.0 Å². The molecule has 1 aliphatic carbocycles. The highest BCUT2D eigenvalue weighted by Crippen LogP contribution is 2.34. The number of Topliss-reactive ketones (excluding diaryl/α,β-unsaturated/α-hetero) is 1. The van der Waals surface area contributed by atoms with Crippen molar-refractivity contribution in [1.29, 1.82) is 0 Å². The van der Waals surface area contributed by atoms with E-state index in [0.29, 0.717) is 15.8 Å². The molecule has 0 bridgehead atoms. The van der Waals surface area contributed by atoms with E-state index in [1.165, 1.54) is 30.5 Å². The summed E-state index contributed by atoms with van der Waals surface area (Å²) in [7, 11) is 0. The predicted molar refractivity (Wildman–Crippen MR) is 138 cm³/mol. The van der Waals surface area contributed by atoms with Crippen molar-refractivity contribution < 1.29 is 4.79 Å². The molecule has 0 radical (unpaired) electrons. The van der Waals surface area contributed by atoms with Crippen LogP contribution in [-0.4, -0.2) is 48.9 Å². The van der Waals surface area contributed by atoms with Crippen molar-refractivity contribution in [3.8, 4) is 0 Å². The molecule has 33 heavy (non-hydrogen) atoms.